The average Bonchev–Trinajstić information content (AvgIpc) is 2.74. The van der Waals surface area contributed by atoms with Crippen molar-refractivity contribution in [1.82, 2.24) is 10.3 Å². The fraction of sp³-hybridized carbons (Fsp3) is 0.174. The highest BCUT2D eigenvalue weighted by Gasteiger charge is 2.12. The third-order valence-corrected chi connectivity index (χ3v) is 4.39. The number of amides is 2. The van der Waals surface area contributed by atoms with Crippen LogP contribution in [0.25, 0.3) is 0 Å². The van der Waals surface area contributed by atoms with E-state index >= 15 is 0 Å². The van der Waals surface area contributed by atoms with Crippen LogP contribution in [0.1, 0.15) is 39.6 Å². The lowest BCUT2D eigenvalue weighted by Gasteiger charge is -2.14. The van der Waals surface area contributed by atoms with E-state index < -0.39 is 0 Å². The van der Waals surface area contributed by atoms with Gasteiger partial charge < -0.3 is 10.6 Å². The molecule has 1 heterocycles. The third kappa shape index (κ3) is 5.51. The molecule has 0 saturated carbocycles. The van der Waals surface area contributed by atoms with Crippen LogP contribution >= 0.6 is 0 Å². The minimum atomic E-state index is -0.262. The Labute approximate surface area is 164 Å². The summed E-state index contributed by atoms with van der Waals surface area (Å²) < 4.78 is 0. The van der Waals surface area contributed by atoms with Crippen molar-refractivity contribution < 1.29 is 9.59 Å². The number of anilines is 1. The van der Waals surface area contributed by atoms with E-state index in [1.807, 2.05) is 25.1 Å². The van der Waals surface area contributed by atoms with Crippen molar-refractivity contribution in [2.75, 3.05) is 5.32 Å². The summed E-state index contributed by atoms with van der Waals surface area (Å²) in [4.78, 5) is 28.7. The molecule has 0 aliphatic rings. The lowest BCUT2D eigenvalue weighted by Crippen LogP contribution is -2.32. The summed E-state index contributed by atoms with van der Waals surface area (Å²) in [5, 5.41) is 5.81. The summed E-state index contributed by atoms with van der Waals surface area (Å²) in [5.41, 5.74) is 2.80. The molecule has 2 aromatic carbocycles. The minimum absolute atomic E-state index is 0.0429. The first-order valence-electron chi connectivity index (χ1n) is 9.28. The van der Waals surface area contributed by atoms with E-state index in [4.69, 9.17) is 0 Å². The van der Waals surface area contributed by atoms with E-state index in [1.165, 1.54) is 11.8 Å². The van der Waals surface area contributed by atoms with Gasteiger partial charge in [-0.05, 0) is 55.7 Å². The van der Waals surface area contributed by atoms with Gasteiger partial charge in [0, 0.05) is 29.7 Å². The van der Waals surface area contributed by atoms with E-state index in [0.29, 0.717) is 16.8 Å². The van der Waals surface area contributed by atoms with E-state index in [9.17, 15) is 9.59 Å². The molecule has 1 unspecified atom stereocenters. The number of benzene rings is 2. The zero-order valence-electron chi connectivity index (χ0n) is 15.8. The Morgan fingerprint density at radius 2 is 1.71 bits per heavy atom. The number of rotatable bonds is 7. The SMILES string of the molecule is CC(CCc1ccccc1)NC(=O)c1cccc(NC(=O)c2cccnc2)c1. The van der Waals surface area contributed by atoms with Gasteiger partial charge in [-0.2, -0.15) is 0 Å². The Hall–Kier alpha value is -3.47. The van der Waals surface area contributed by atoms with Crippen molar-refractivity contribution in [3.63, 3.8) is 0 Å². The normalized spacial score (nSPS) is 11.5. The van der Waals surface area contributed by atoms with Gasteiger partial charge in [-0.25, -0.2) is 0 Å². The second kappa shape index (κ2) is 9.46. The summed E-state index contributed by atoms with van der Waals surface area (Å²) in [6, 6.07) is 20.6. The smallest absolute Gasteiger partial charge is 0.257 e. The number of aromatic nitrogens is 1. The average molecular weight is 373 g/mol. The number of nitrogens with one attached hydrogen (secondary N) is 2. The van der Waals surface area contributed by atoms with Crippen LogP contribution in [0.2, 0.25) is 0 Å². The van der Waals surface area contributed by atoms with Crippen LogP contribution in [0.5, 0.6) is 0 Å². The standard InChI is InChI=1S/C23H23N3O2/c1-17(12-13-18-7-3-2-4-8-18)25-22(27)19-9-5-11-21(15-19)26-23(28)20-10-6-14-24-16-20/h2-11,14-17H,12-13H2,1H3,(H,25,27)(H,26,28). The van der Waals surface area contributed by atoms with Crippen LogP contribution in [0.15, 0.2) is 79.1 Å². The number of carbonyl (C=O) groups excluding carboxylic acids is 2. The summed E-state index contributed by atoms with van der Waals surface area (Å²) in [7, 11) is 0. The molecule has 1 atom stereocenters. The fourth-order valence-electron chi connectivity index (χ4n) is 2.85. The van der Waals surface area contributed by atoms with E-state index in [1.54, 1.807) is 42.6 Å². The summed E-state index contributed by atoms with van der Waals surface area (Å²) in [6.45, 7) is 1.99. The van der Waals surface area contributed by atoms with Gasteiger partial charge in [-0.1, -0.05) is 36.4 Å². The quantitative estimate of drug-likeness (QED) is 0.655. The van der Waals surface area contributed by atoms with Crippen molar-refractivity contribution in [3.8, 4) is 0 Å². The van der Waals surface area contributed by atoms with Gasteiger partial charge >= 0.3 is 0 Å². The zero-order valence-corrected chi connectivity index (χ0v) is 15.8. The maximum atomic E-state index is 12.5. The first-order valence-corrected chi connectivity index (χ1v) is 9.28. The molecule has 2 amide bonds. The molecule has 5 heteroatoms. The highest BCUT2D eigenvalue weighted by molar-refractivity contribution is 6.04. The Morgan fingerprint density at radius 1 is 0.929 bits per heavy atom. The Morgan fingerprint density at radius 3 is 2.46 bits per heavy atom. The molecule has 3 rings (SSSR count). The molecule has 3 aromatic rings. The highest BCUT2D eigenvalue weighted by Crippen LogP contribution is 2.13. The predicted octanol–water partition coefficient (Wildman–Crippen LogP) is 4.09. The molecule has 0 bridgehead atoms. The molecule has 0 saturated heterocycles. The lowest BCUT2D eigenvalue weighted by molar-refractivity contribution is 0.0937. The van der Waals surface area contributed by atoms with Crippen LogP contribution in [0.3, 0.4) is 0 Å². The number of aryl methyl sites for hydroxylation is 1. The molecular formula is C23H23N3O2. The number of hydrogen-bond acceptors (Lipinski definition) is 3. The van der Waals surface area contributed by atoms with Gasteiger partial charge in [-0.15, -0.1) is 0 Å². The van der Waals surface area contributed by atoms with Gasteiger partial charge in [0.05, 0.1) is 5.56 Å². The molecule has 0 fully saturated rings. The van der Waals surface area contributed by atoms with E-state index in [0.717, 1.165) is 12.8 Å². The Kier molecular flexibility index (Phi) is 6.52. The molecule has 0 aliphatic heterocycles. The number of carbonyl (C=O) groups is 2. The first-order chi connectivity index (χ1) is 13.6. The molecule has 0 spiro atoms. The van der Waals surface area contributed by atoms with Crippen molar-refractivity contribution in [1.29, 1.82) is 0 Å². The lowest BCUT2D eigenvalue weighted by atomic mass is 10.1. The maximum absolute atomic E-state index is 12.5. The second-order valence-electron chi connectivity index (χ2n) is 6.68. The second-order valence-corrected chi connectivity index (χ2v) is 6.68. The first kappa shape index (κ1) is 19.3. The van der Waals surface area contributed by atoms with Crippen molar-refractivity contribution >= 4 is 17.5 Å². The molecule has 5 nitrogen and oxygen atoms in total. The Bertz CT molecular complexity index is 927. The predicted molar refractivity (Wildman–Crippen MR) is 110 cm³/mol. The number of nitrogens with zero attached hydrogens (tertiary/aromatic N) is 1. The van der Waals surface area contributed by atoms with Crippen LogP contribution < -0.4 is 10.6 Å². The molecule has 142 valence electrons. The topological polar surface area (TPSA) is 71.1 Å². The molecule has 1 aromatic heterocycles. The van der Waals surface area contributed by atoms with Crippen molar-refractivity contribution in [2.24, 2.45) is 0 Å². The van der Waals surface area contributed by atoms with Gasteiger partial charge in [0.15, 0.2) is 0 Å². The number of pyridine rings is 1. The molecule has 0 radical (unpaired) electrons. The maximum Gasteiger partial charge on any atom is 0.257 e. The largest absolute Gasteiger partial charge is 0.350 e. The number of hydrogen-bond donors (Lipinski definition) is 2. The van der Waals surface area contributed by atoms with Crippen LogP contribution in [-0.4, -0.2) is 22.8 Å². The van der Waals surface area contributed by atoms with Crippen LogP contribution in [0, 0.1) is 0 Å². The van der Waals surface area contributed by atoms with Gasteiger partial charge in [-0.3, -0.25) is 14.6 Å². The van der Waals surface area contributed by atoms with Gasteiger partial charge in [0.2, 0.25) is 0 Å². The highest BCUT2D eigenvalue weighted by atomic mass is 16.2. The zero-order chi connectivity index (χ0) is 19.8. The molecule has 28 heavy (non-hydrogen) atoms. The monoisotopic (exact) mass is 373 g/mol. The van der Waals surface area contributed by atoms with Crippen LogP contribution in [-0.2, 0) is 6.42 Å². The van der Waals surface area contributed by atoms with Crippen molar-refractivity contribution in [3.05, 3.63) is 95.8 Å². The summed E-state index contributed by atoms with van der Waals surface area (Å²) in [6.07, 6.45) is 4.87. The van der Waals surface area contributed by atoms with Crippen LogP contribution in [0.4, 0.5) is 5.69 Å². The summed E-state index contributed by atoms with van der Waals surface area (Å²) in [5.74, 6) is -0.417. The van der Waals surface area contributed by atoms with Gasteiger partial charge in [0.1, 0.15) is 0 Å². The molecular weight excluding hydrogens is 350 g/mol. The van der Waals surface area contributed by atoms with Gasteiger partial charge in [0.25, 0.3) is 11.8 Å². The fourth-order valence-corrected chi connectivity index (χ4v) is 2.85. The summed E-state index contributed by atoms with van der Waals surface area (Å²) >= 11 is 0. The third-order valence-electron chi connectivity index (χ3n) is 4.39. The molecule has 0 aliphatic carbocycles. The minimum Gasteiger partial charge on any atom is -0.350 e. The molecule has 2 N–H and O–H groups in total. The van der Waals surface area contributed by atoms with E-state index in [-0.39, 0.29) is 17.9 Å². The Balaban J connectivity index is 1.56. The van der Waals surface area contributed by atoms with Crippen molar-refractivity contribution in [2.45, 2.75) is 25.8 Å². The van der Waals surface area contributed by atoms with E-state index in [2.05, 4.69) is 27.8 Å².